The minimum Gasteiger partial charge on any atom is -0.443 e. The SMILES string of the molecule is [C-]#[N+]c1ccc(N(C(C)=O)C(=O)OC(C)(C)C)cc1[N+](=O)[O-]. The zero-order valence-corrected chi connectivity index (χ0v) is 12.6. The van der Waals surface area contributed by atoms with Crippen LogP contribution in [0.25, 0.3) is 4.85 Å². The smallest absolute Gasteiger partial charge is 0.421 e. The molecule has 0 bridgehead atoms. The summed E-state index contributed by atoms with van der Waals surface area (Å²) in [7, 11) is 0. The van der Waals surface area contributed by atoms with E-state index in [1.165, 1.54) is 12.1 Å². The molecule has 2 amide bonds. The topological polar surface area (TPSA) is 94.1 Å². The van der Waals surface area contributed by atoms with E-state index in [4.69, 9.17) is 11.3 Å². The van der Waals surface area contributed by atoms with Gasteiger partial charge in [-0.25, -0.2) is 14.5 Å². The van der Waals surface area contributed by atoms with Crippen molar-refractivity contribution in [1.82, 2.24) is 0 Å². The Labute approximate surface area is 127 Å². The first-order valence-electron chi connectivity index (χ1n) is 6.26. The molecule has 0 unspecified atom stereocenters. The quantitative estimate of drug-likeness (QED) is 0.474. The lowest BCUT2D eigenvalue weighted by molar-refractivity contribution is -0.383. The van der Waals surface area contributed by atoms with Crippen molar-refractivity contribution in [3.05, 3.63) is 39.7 Å². The molecule has 1 rings (SSSR count). The number of carbonyl (C=O) groups is 2. The molecule has 0 radical (unpaired) electrons. The average Bonchev–Trinajstić information content (AvgIpc) is 2.35. The molecule has 0 aliphatic heterocycles. The van der Waals surface area contributed by atoms with Crippen molar-refractivity contribution in [2.45, 2.75) is 33.3 Å². The number of amides is 2. The maximum atomic E-state index is 12.1. The Morgan fingerprint density at radius 1 is 1.36 bits per heavy atom. The van der Waals surface area contributed by atoms with Crippen LogP contribution in [0, 0.1) is 16.7 Å². The maximum absolute atomic E-state index is 12.1. The Kier molecular flexibility index (Phi) is 4.83. The molecule has 0 saturated carbocycles. The average molecular weight is 305 g/mol. The third-order valence-electron chi connectivity index (χ3n) is 2.43. The highest BCUT2D eigenvalue weighted by Gasteiger charge is 2.28. The van der Waals surface area contributed by atoms with Crippen LogP contribution in [-0.2, 0) is 9.53 Å². The number of benzene rings is 1. The first kappa shape index (κ1) is 17.1. The van der Waals surface area contributed by atoms with Crippen molar-refractivity contribution in [2.24, 2.45) is 0 Å². The van der Waals surface area contributed by atoms with Crippen LogP contribution in [0.1, 0.15) is 27.7 Å². The predicted molar refractivity (Wildman–Crippen MR) is 78.8 cm³/mol. The number of nitro groups is 1. The lowest BCUT2D eigenvalue weighted by Crippen LogP contribution is -2.39. The minimum atomic E-state index is -0.940. The van der Waals surface area contributed by atoms with Gasteiger partial charge in [0, 0.05) is 13.0 Å². The number of anilines is 1. The first-order valence-corrected chi connectivity index (χ1v) is 6.26. The molecule has 0 atom stereocenters. The molecule has 0 N–H and O–H groups in total. The highest BCUT2D eigenvalue weighted by atomic mass is 16.6. The van der Waals surface area contributed by atoms with Crippen LogP contribution in [-0.4, -0.2) is 22.5 Å². The van der Waals surface area contributed by atoms with Crippen molar-refractivity contribution in [1.29, 1.82) is 0 Å². The Morgan fingerprint density at radius 3 is 2.36 bits per heavy atom. The van der Waals surface area contributed by atoms with Gasteiger partial charge in [0.15, 0.2) is 0 Å². The Balaban J connectivity index is 3.32. The van der Waals surface area contributed by atoms with E-state index in [0.717, 1.165) is 13.0 Å². The predicted octanol–water partition coefficient (Wildman–Crippen LogP) is 3.43. The van der Waals surface area contributed by atoms with Gasteiger partial charge >= 0.3 is 6.09 Å². The molecular weight excluding hydrogens is 290 g/mol. The van der Waals surface area contributed by atoms with Crippen molar-refractivity contribution >= 4 is 29.1 Å². The highest BCUT2D eigenvalue weighted by molar-refractivity contribution is 6.11. The molecule has 0 aliphatic rings. The highest BCUT2D eigenvalue weighted by Crippen LogP contribution is 2.32. The van der Waals surface area contributed by atoms with Crippen molar-refractivity contribution < 1.29 is 19.2 Å². The summed E-state index contributed by atoms with van der Waals surface area (Å²) < 4.78 is 5.11. The molecule has 116 valence electrons. The normalized spacial score (nSPS) is 10.5. The summed E-state index contributed by atoms with van der Waals surface area (Å²) in [5, 5.41) is 11.0. The van der Waals surface area contributed by atoms with E-state index >= 15 is 0 Å². The third-order valence-corrected chi connectivity index (χ3v) is 2.43. The largest absolute Gasteiger partial charge is 0.443 e. The summed E-state index contributed by atoms with van der Waals surface area (Å²) in [5.41, 5.74) is -1.52. The molecule has 8 heteroatoms. The van der Waals surface area contributed by atoms with Gasteiger partial charge in [0.1, 0.15) is 5.60 Å². The third kappa shape index (κ3) is 4.02. The van der Waals surface area contributed by atoms with E-state index in [1.54, 1.807) is 20.8 Å². The fourth-order valence-electron chi connectivity index (χ4n) is 1.62. The fraction of sp³-hybridized carbons (Fsp3) is 0.357. The molecule has 0 saturated heterocycles. The zero-order valence-electron chi connectivity index (χ0n) is 12.6. The van der Waals surface area contributed by atoms with E-state index in [9.17, 15) is 19.7 Å². The Morgan fingerprint density at radius 2 is 1.95 bits per heavy atom. The van der Waals surface area contributed by atoms with Crippen molar-refractivity contribution in [3.63, 3.8) is 0 Å². The number of imide groups is 1. The van der Waals surface area contributed by atoms with Crippen LogP contribution in [0.5, 0.6) is 0 Å². The Bertz CT molecular complexity index is 670. The fourth-order valence-corrected chi connectivity index (χ4v) is 1.62. The first-order chi connectivity index (χ1) is 10.1. The maximum Gasteiger partial charge on any atom is 0.421 e. The van der Waals surface area contributed by atoms with Gasteiger partial charge in [0.25, 0.3) is 11.4 Å². The van der Waals surface area contributed by atoms with Crippen LogP contribution >= 0.6 is 0 Å². The van der Waals surface area contributed by atoms with Crippen LogP contribution in [0.3, 0.4) is 0 Å². The number of nitrogens with zero attached hydrogens (tertiary/aromatic N) is 3. The number of rotatable bonds is 2. The molecule has 0 heterocycles. The summed E-state index contributed by atoms with van der Waals surface area (Å²) in [6.45, 7) is 12.9. The number of carbonyl (C=O) groups excluding carboxylic acids is 2. The lowest BCUT2D eigenvalue weighted by atomic mass is 10.2. The summed E-state index contributed by atoms with van der Waals surface area (Å²) >= 11 is 0. The van der Waals surface area contributed by atoms with E-state index in [0.29, 0.717) is 4.90 Å². The number of hydrogen-bond acceptors (Lipinski definition) is 5. The summed E-state index contributed by atoms with van der Waals surface area (Å²) in [5.74, 6) is -0.654. The molecule has 0 aliphatic carbocycles. The van der Waals surface area contributed by atoms with Crippen LogP contribution in [0.15, 0.2) is 18.2 Å². The molecule has 22 heavy (non-hydrogen) atoms. The molecule has 1 aromatic rings. The van der Waals surface area contributed by atoms with Gasteiger partial charge in [-0.3, -0.25) is 14.9 Å². The van der Waals surface area contributed by atoms with Gasteiger partial charge in [0.05, 0.1) is 17.2 Å². The van der Waals surface area contributed by atoms with Crippen LogP contribution in [0.4, 0.5) is 21.9 Å². The van der Waals surface area contributed by atoms with Gasteiger partial charge in [0.2, 0.25) is 5.91 Å². The van der Waals surface area contributed by atoms with Crippen LogP contribution < -0.4 is 4.90 Å². The van der Waals surface area contributed by atoms with Gasteiger partial charge in [-0.1, -0.05) is 0 Å². The number of hydrogen-bond donors (Lipinski definition) is 0. The van der Waals surface area contributed by atoms with Crippen LogP contribution in [0.2, 0.25) is 0 Å². The van der Waals surface area contributed by atoms with E-state index < -0.39 is 28.2 Å². The summed E-state index contributed by atoms with van der Waals surface area (Å²) in [4.78, 5) is 37.7. The van der Waals surface area contributed by atoms with E-state index in [1.807, 2.05) is 0 Å². The second-order valence-corrected chi connectivity index (χ2v) is 5.38. The number of ether oxygens (including phenoxy) is 1. The molecule has 0 fully saturated rings. The Hall–Kier alpha value is -2.95. The lowest BCUT2D eigenvalue weighted by Gasteiger charge is -2.25. The second-order valence-electron chi connectivity index (χ2n) is 5.38. The van der Waals surface area contributed by atoms with E-state index in [2.05, 4.69) is 4.85 Å². The van der Waals surface area contributed by atoms with Crippen molar-refractivity contribution in [2.75, 3.05) is 4.90 Å². The van der Waals surface area contributed by atoms with E-state index in [-0.39, 0.29) is 11.4 Å². The molecule has 0 spiro atoms. The standard InChI is InChI=1S/C14H15N3O5/c1-9(18)16(13(19)22-14(2,3)4)10-6-7-11(15-5)12(8-10)17(20)21/h6-8H,1-4H3. The van der Waals surface area contributed by atoms with Gasteiger partial charge < -0.3 is 4.74 Å². The monoisotopic (exact) mass is 305 g/mol. The molecule has 8 nitrogen and oxygen atoms in total. The zero-order chi connectivity index (χ0) is 17.1. The number of nitro benzene ring substituents is 1. The van der Waals surface area contributed by atoms with Crippen molar-refractivity contribution in [3.8, 4) is 0 Å². The van der Waals surface area contributed by atoms with Gasteiger partial charge in [-0.05, 0) is 32.9 Å². The molecule has 0 aromatic heterocycles. The molecule has 1 aromatic carbocycles. The van der Waals surface area contributed by atoms with Gasteiger partial charge in [-0.2, -0.15) is 0 Å². The molecular formula is C14H15N3O5. The second kappa shape index (κ2) is 6.22. The summed E-state index contributed by atoms with van der Waals surface area (Å²) in [6, 6.07) is 3.46. The van der Waals surface area contributed by atoms with Gasteiger partial charge in [-0.15, -0.1) is 0 Å². The minimum absolute atomic E-state index is 0.0270. The summed E-state index contributed by atoms with van der Waals surface area (Å²) in [6.07, 6.45) is -0.940.